The fourth-order valence-corrected chi connectivity index (χ4v) is 0.779. The Morgan fingerprint density at radius 1 is 1.14 bits per heavy atom. The zero-order valence-electron chi connectivity index (χ0n) is 7.69. The highest BCUT2D eigenvalue weighted by molar-refractivity contribution is 6.08. The summed E-state index contributed by atoms with van der Waals surface area (Å²) in [6.07, 6.45) is 1.17. The normalized spacial score (nSPS) is 13.9. The SMILES string of the molecule is CC1=CC(=O)OC1=O.[c]1ccccc1. The van der Waals surface area contributed by atoms with Crippen LogP contribution in [-0.2, 0) is 14.3 Å². The lowest BCUT2D eigenvalue weighted by Gasteiger charge is -1.83. The number of benzene rings is 1. The minimum Gasteiger partial charge on any atom is -0.386 e. The molecule has 0 atom stereocenters. The Morgan fingerprint density at radius 3 is 1.93 bits per heavy atom. The number of rotatable bonds is 0. The summed E-state index contributed by atoms with van der Waals surface area (Å²) in [5, 5.41) is 0. The number of ether oxygens (including phenoxy) is 1. The standard InChI is InChI=1S/C6H5.C5H4O3/c1-2-4-6-5-3-1;1-3-2-4(6)8-5(3)7/h1-5H;2H,1H3. The molecule has 1 heterocycles. The summed E-state index contributed by atoms with van der Waals surface area (Å²) < 4.78 is 4.10. The maximum atomic E-state index is 10.3. The van der Waals surface area contributed by atoms with Gasteiger partial charge in [-0.05, 0) is 13.0 Å². The van der Waals surface area contributed by atoms with E-state index >= 15 is 0 Å². The highest BCUT2D eigenvalue weighted by atomic mass is 16.6. The van der Waals surface area contributed by atoms with Crippen molar-refractivity contribution < 1.29 is 14.3 Å². The van der Waals surface area contributed by atoms with E-state index in [1.165, 1.54) is 13.0 Å². The molecule has 0 amide bonds. The largest absolute Gasteiger partial charge is 0.386 e. The molecule has 1 aromatic rings. The van der Waals surface area contributed by atoms with Crippen LogP contribution in [0, 0.1) is 6.07 Å². The fourth-order valence-electron chi connectivity index (χ4n) is 0.779. The smallest absolute Gasteiger partial charge is 0.341 e. The van der Waals surface area contributed by atoms with Crippen LogP contribution in [0.3, 0.4) is 0 Å². The van der Waals surface area contributed by atoms with Crippen molar-refractivity contribution in [3.05, 3.63) is 48.0 Å². The van der Waals surface area contributed by atoms with Gasteiger partial charge in [-0.15, -0.1) is 0 Å². The molecule has 0 saturated heterocycles. The summed E-state index contributed by atoms with van der Waals surface area (Å²) in [5.74, 6) is -1.09. The van der Waals surface area contributed by atoms with Crippen LogP contribution in [-0.4, -0.2) is 11.9 Å². The molecule has 1 radical (unpaired) electrons. The molecule has 1 aliphatic heterocycles. The molecule has 71 valence electrons. The molecule has 1 aromatic carbocycles. The lowest BCUT2D eigenvalue weighted by Crippen LogP contribution is -1.99. The summed E-state index contributed by atoms with van der Waals surface area (Å²) in [5.41, 5.74) is 0.370. The molecule has 0 spiro atoms. The zero-order chi connectivity index (χ0) is 10.4. The van der Waals surface area contributed by atoms with Gasteiger partial charge in [0.15, 0.2) is 0 Å². The molecular weight excluding hydrogens is 180 g/mol. The average Bonchev–Trinajstić information content (AvgIpc) is 2.48. The second kappa shape index (κ2) is 4.97. The summed E-state index contributed by atoms with van der Waals surface area (Å²) in [7, 11) is 0. The molecule has 0 N–H and O–H groups in total. The molecule has 0 aromatic heterocycles. The number of esters is 2. The van der Waals surface area contributed by atoms with E-state index in [0.717, 1.165) is 0 Å². The van der Waals surface area contributed by atoms with Gasteiger partial charge in [-0.3, -0.25) is 0 Å². The zero-order valence-corrected chi connectivity index (χ0v) is 7.69. The van der Waals surface area contributed by atoms with Crippen LogP contribution in [0.2, 0.25) is 0 Å². The Balaban J connectivity index is 0.000000146. The molecule has 0 bridgehead atoms. The van der Waals surface area contributed by atoms with Crippen LogP contribution < -0.4 is 0 Å². The van der Waals surface area contributed by atoms with Gasteiger partial charge in [0.2, 0.25) is 0 Å². The van der Waals surface area contributed by atoms with Crippen molar-refractivity contribution in [2.75, 3.05) is 0 Å². The van der Waals surface area contributed by atoms with E-state index in [2.05, 4.69) is 10.8 Å². The maximum Gasteiger partial charge on any atom is 0.341 e. The Morgan fingerprint density at radius 2 is 1.79 bits per heavy atom. The molecule has 14 heavy (non-hydrogen) atoms. The van der Waals surface area contributed by atoms with E-state index in [-0.39, 0.29) is 0 Å². The molecule has 0 unspecified atom stereocenters. The van der Waals surface area contributed by atoms with E-state index in [4.69, 9.17) is 0 Å². The van der Waals surface area contributed by atoms with Crippen molar-refractivity contribution in [3.63, 3.8) is 0 Å². The molecule has 0 fully saturated rings. The van der Waals surface area contributed by atoms with Crippen molar-refractivity contribution >= 4 is 11.9 Å². The average molecular weight is 189 g/mol. The summed E-state index contributed by atoms with van der Waals surface area (Å²) in [4.78, 5) is 20.4. The van der Waals surface area contributed by atoms with Crippen LogP contribution in [0.5, 0.6) is 0 Å². The van der Waals surface area contributed by atoms with Crippen LogP contribution in [0.4, 0.5) is 0 Å². The predicted molar refractivity (Wildman–Crippen MR) is 50.1 cm³/mol. The monoisotopic (exact) mass is 189 g/mol. The lowest BCUT2D eigenvalue weighted by molar-refractivity contribution is -0.150. The van der Waals surface area contributed by atoms with Crippen LogP contribution in [0.1, 0.15) is 6.92 Å². The van der Waals surface area contributed by atoms with E-state index in [9.17, 15) is 9.59 Å². The molecule has 0 aliphatic carbocycles. The molecular formula is C11H9O3. The van der Waals surface area contributed by atoms with Crippen molar-refractivity contribution in [1.82, 2.24) is 0 Å². The van der Waals surface area contributed by atoms with Crippen molar-refractivity contribution in [2.24, 2.45) is 0 Å². The first kappa shape index (κ1) is 10.2. The first-order chi connectivity index (χ1) is 6.70. The van der Waals surface area contributed by atoms with E-state index < -0.39 is 11.9 Å². The first-order valence-electron chi connectivity index (χ1n) is 4.05. The third kappa shape index (κ3) is 3.23. The van der Waals surface area contributed by atoms with Gasteiger partial charge in [-0.1, -0.05) is 30.3 Å². The third-order valence-corrected chi connectivity index (χ3v) is 1.46. The maximum absolute atomic E-state index is 10.3. The number of hydrogen-bond acceptors (Lipinski definition) is 3. The van der Waals surface area contributed by atoms with Gasteiger partial charge >= 0.3 is 11.9 Å². The van der Waals surface area contributed by atoms with Crippen molar-refractivity contribution in [3.8, 4) is 0 Å². The first-order valence-corrected chi connectivity index (χ1v) is 4.05. The Hall–Kier alpha value is -1.90. The molecule has 3 nitrogen and oxygen atoms in total. The van der Waals surface area contributed by atoms with Crippen LogP contribution in [0.25, 0.3) is 0 Å². The lowest BCUT2D eigenvalue weighted by atomic mass is 10.3. The minimum absolute atomic E-state index is 0.370. The quantitative estimate of drug-likeness (QED) is 0.459. The fraction of sp³-hybridized carbons (Fsp3) is 0.0909. The van der Waals surface area contributed by atoms with Gasteiger partial charge in [0.25, 0.3) is 0 Å². The Kier molecular flexibility index (Phi) is 3.61. The number of hydrogen-bond donors (Lipinski definition) is 0. The van der Waals surface area contributed by atoms with E-state index in [1.54, 1.807) is 0 Å². The summed E-state index contributed by atoms with van der Waals surface area (Å²) in [6.45, 7) is 1.53. The molecule has 2 rings (SSSR count). The topological polar surface area (TPSA) is 43.4 Å². The van der Waals surface area contributed by atoms with Gasteiger partial charge in [0.1, 0.15) is 0 Å². The van der Waals surface area contributed by atoms with Gasteiger partial charge in [0.05, 0.1) is 0 Å². The summed E-state index contributed by atoms with van der Waals surface area (Å²) in [6, 6.07) is 12.5. The highest BCUT2D eigenvalue weighted by Gasteiger charge is 2.18. The van der Waals surface area contributed by atoms with E-state index in [1.807, 2.05) is 30.3 Å². The van der Waals surface area contributed by atoms with Crippen LogP contribution >= 0.6 is 0 Å². The highest BCUT2D eigenvalue weighted by Crippen LogP contribution is 2.04. The van der Waals surface area contributed by atoms with Gasteiger partial charge in [0, 0.05) is 11.6 Å². The van der Waals surface area contributed by atoms with Crippen molar-refractivity contribution in [1.29, 1.82) is 0 Å². The second-order valence-electron chi connectivity index (χ2n) is 2.61. The number of carbonyl (C=O) groups is 2. The minimum atomic E-state index is -0.562. The van der Waals surface area contributed by atoms with Crippen molar-refractivity contribution in [2.45, 2.75) is 6.92 Å². The van der Waals surface area contributed by atoms with Gasteiger partial charge in [-0.25, -0.2) is 9.59 Å². The summed E-state index contributed by atoms with van der Waals surface area (Å²) >= 11 is 0. The number of carbonyl (C=O) groups excluding carboxylic acids is 2. The Labute approximate surface area is 82.0 Å². The van der Waals surface area contributed by atoms with E-state index in [0.29, 0.717) is 5.57 Å². The Bertz CT molecular complexity index is 325. The second-order valence-corrected chi connectivity index (χ2v) is 2.61. The van der Waals surface area contributed by atoms with Crippen LogP contribution in [0.15, 0.2) is 42.0 Å². The number of cyclic esters (lactones) is 2. The molecule has 3 heteroatoms. The van der Waals surface area contributed by atoms with Gasteiger partial charge in [-0.2, -0.15) is 0 Å². The van der Waals surface area contributed by atoms with Gasteiger partial charge < -0.3 is 4.74 Å². The predicted octanol–water partition coefficient (Wildman–Crippen LogP) is 1.50. The third-order valence-electron chi connectivity index (χ3n) is 1.46. The molecule has 1 aliphatic rings. The molecule has 0 saturated carbocycles.